The van der Waals surface area contributed by atoms with Gasteiger partial charge in [-0.15, -0.1) is 0 Å². The van der Waals surface area contributed by atoms with E-state index in [0.29, 0.717) is 16.3 Å². The number of carbonyl (C=O) groups is 2. The monoisotopic (exact) mass is 438 g/mol. The van der Waals surface area contributed by atoms with Gasteiger partial charge in [0.05, 0.1) is 16.8 Å². The van der Waals surface area contributed by atoms with Crippen LogP contribution in [0.1, 0.15) is 21.5 Å². The van der Waals surface area contributed by atoms with Gasteiger partial charge in [-0.3, -0.25) is 4.79 Å². The molecule has 150 valence electrons. The standard InChI is InChI=1S/C23H16Cl2N2O3/c24-18-9-12-20(21(25)14-18)23(29)27-26-15-17-6-10-19(11-7-17)30-22(28)13-8-16-4-2-1-3-5-16/h1-15H,(H,27,29)/b13-8+,26-15+. The van der Waals surface area contributed by atoms with Crippen LogP contribution < -0.4 is 10.2 Å². The summed E-state index contributed by atoms with van der Waals surface area (Å²) in [6.07, 6.45) is 4.50. The summed E-state index contributed by atoms with van der Waals surface area (Å²) < 4.78 is 5.25. The lowest BCUT2D eigenvalue weighted by molar-refractivity contribution is -0.128. The summed E-state index contributed by atoms with van der Waals surface area (Å²) in [7, 11) is 0. The van der Waals surface area contributed by atoms with E-state index in [9.17, 15) is 9.59 Å². The number of nitrogens with one attached hydrogen (secondary N) is 1. The van der Waals surface area contributed by atoms with Gasteiger partial charge in [0.2, 0.25) is 0 Å². The minimum atomic E-state index is -0.479. The number of amides is 1. The van der Waals surface area contributed by atoms with E-state index in [4.69, 9.17) is 27.9 Å². The van der Waals surface area contributed by atoms with Crippen LogP contribution >= 0.6 is 23.2 Å². The third kappa shape index (κ3) is 6.30. The molecule has 0 aromatic heterocycles. The molecule has 0 aliphatic carbocycles. The van der Waals surface area contributed by atoms with Gasteiger partial charge < -0.3 is 4.74 Å². The Morgan fingerprint density at radius 1 is 0.900 bits per heavy atom. The topological polar surface area (TPSA) is 67.8 Å². The molecule has 0 saturated heterocycles. The summed E-state index contributed by atoms with van der Waals surface area (Å²) in [6.45, 7) is 0. The largest absolute Gasteiger partial charge is 0.423 e. The fraction of sp³-hybridized carbons (Fsp3) is 0. The van der Waals surface area contributed by atoms with E-state index >= 15 is 0 Å². The fourth-order valence-electron chi connectivity index (χ4n) is 2.40. The Balaban J connectivity index is 1.53. The summed E-state index contributed by atoms with van der Waals surface area (Å²) >= 11 is 11.8. The van der Waals surface area contributed by atoms with Gasteiger partial charge in [0, 0.05) is 11.1 Å². The number of carbonyl (C=O) groups excluding carboxylic acids is 2. The number of benzene rings is 3. The number of hydrogen-bond acceptors (Lipinski definition) is 4. The zero-order valence-electron chi connectivity index (χ0n) is 15.6. The van der Waals surface area contributed by atoms with Crippen LogP contribution in [0.3, 0.4) is 0 Å². The maximum atomic E-state index is 12.1. The summed E-state index contributed by atoms with van der Waals surface area (Å²) in [5.74, 6) is -0.539. The molecule has 0 unspecified atom stereocenters. The number of hydrogen-bond donors (Lipinski definition) is 1. The Morgan fingerprint density at radius 3 is 2.33 bits per heavy atom. The Labute approximate surface area is 183 Å². The van der Waals surface area contributed by atoms with Crippen molar-refractivity contribution in [2.45, 2.75) is 0 Å². The van der Waals surface area contributed by atoms with Crippen LogP contribution in [0.25, 0.3) is 6.08 Å². The first-order valence-electron chi connectivity index (χ1n) is 8.85. The quantitative estimate of drug-likeness (QED) is 0.185. The lowest BCUT2D eigenvalue weighted by atomic mass is 10.2. The highest BCUT2D eigenvalue weighted by molar-refractivity contribution is 6.36. The van der Waals surface area contributed by atoms with Crippen molar-refractivity contribution < 1.29 is 14.3 Å². The smallest absolute Gasteiger partial charge is 0.336 e. The highest BCUT2D eigenvalue weighted by atomic mass is 35.5. The Hall–Kier alpha value is -3.41. The average molecular weight is 439 g/mol. The van der Waals surface area contributed by atoms with E-state index in [1.807, 2.05) is 30.3 Å². The van der Waals surface area contributed by atoms with Gasteiger partial charge in [-0.1, -0.05) is 53.5 Å². The first-order chi connectivity index (χ1) is 14.5. The number of halogens is 2. The van der Waals surface area contributed by atoms with Gasteiger partial charge in [-0.25, -0.2) is 10.2 Å². The lowest BCUT2D eigenvalue weighted by Gasteiger charge is -2.03. The van der Waals surface area contributed by atoms with Gasteiger partial charge in [-0.05, 0) is 59.7 Å². The molecule has 0 heterocycles. The molecule has 0 aliphatic rings. The van der Waals surface area contributed by atoms with Gasteiger partial charge >= 0.3 is 5.97 Å². The van der Waals surface area contributed by atoms with Crippen LogP contribution in [0, 0.1) is 0 Å². The van der Waals surface area contributed by atoms with Crippen molar-refractivity contribution in [3.8, 4) is 5.75 Å². The van der Waals surface area contributed by atoms with E-state index < -0.39 is 11.9 Å². The maximum absolute atomic E-state index is 12.1. The van der Waals surface area contributed by atoms with Gasteiger partial charge in [0.25, 0.3) is 5.91 Å². The van der Waals surface area contributed by atoms with E-state index in [1.165, 1.54) is 24.4 Å². The molecule has 1 N–H and O–H groups in total. The number of esters is 1. The third-order valence-corrected chi connectivity index (χ3v) is 4.41. The normalized spacial score (nSPS) is 11.0. The molecular weight excluding hydrogens is 423 g/mol. The first-order valence-corrected chi connectivity index (χ1v) is 9.60. The molecule has 0 radical (unpaired) electrons. The van der Waals surface area contributed by atoms with E-state index in [1.54, 1.807) is 36.4 Å². The molecule has 30 heavy (non-hydrogen) atoms. The minimum Gasteiger partial charge on any atom is -0.423 e. The van der Waals surface area contributed by atoms with Crippen LogP contribution in [0.4, 0.5) is 0 Å². The molecule has 0 saturated carbocycles. The van der Waals surface area contributed by atoms with Gasteiger partial charge in [0.1, 0.15) is 5.75 Å². The molecule has 0 fully saturated rings. The molecule has 3 rings (SSSR count). The molecule has 0 spiro atoms. The molecule has 3 aromatic rings. The molecule has 7 heteroatoms. The van der Waals surface area contributed by atoms with Crippen molar-refractivity contribution in [3.05, 3.63) is 106 Å². The van der Waals surface area contributed by atoms with Gasteiger partial charge in [-0.2, -0.15) is 5.10 Å². The Morgan fingerprint density at radius 2 is 1.63 bits per heavy atom. The number of rotatable bonds is 6. The summed E-state index contributed by atoms with van der Waals surface area (Å²) in [4.78, 5) is 24.0. The van der Waals surface area contributed by atoms with Crippen molar-refractivity contribution in [3.63, 3.8) is 0 Å². The summed E-state index contributed by atoms with van der Waals surface area (Å²) in [5, 5.41) is 4.58. The predicted octanol–water partition coefficient (Wildman–Crippen LogP) is 5.38. The zero-order valence-corrected chi connectivity index (χ0v) is 17.1. The average Bonchev–Trinajstić information content (AvgIpc) is 2.74. The highest BCUT2D eigenvalue weighted by Gasteiger charge is 2.09. The molecule has 0 bridgehead atoms. The van der Waals surface area contributed by atoms with Crippen molar-refractivity contribution in [1.29, 1.82) is 0 Å². The molecule has 3 aromatic carbocycles. The number of ether oxygens (including phenoxy) is 1. The Bertz CT molecular complexity index is 1100. The van der Waals surface area contributed by atoms with E-state index in [0.717, 1.165) is 5.56 Å². The molecule has 1 amide bonds. The predicted molar refractivity (Wildman–Crippen MR) is 119 cm³/mol. The summed E-state index contributed by atoms with van der Waals surface area (Å²) in [5.41, 5.74) is 4.27. The van der Waals surface area contributed by atoms with Crippen molar-refractivity contribution in [2.75, 3.05) is 0 Å². The molecular formula is C23H16Cl2N2O3. The second-order valence-corrected chi connectivity index (χ2v) is 6.90. The first kappa shape index (κ1) is 21.3. The van der Waals surface area contributed by atoms with E-state index in [2.05, 4.69) is 10.5 Å². The highest BCUT2D eigenvalue weighted by Crippen LogP contribution is 2.20. The van der Waals surface area contributed by atoms with Crippen molar-refractivity contribution in [2.24, 2.45) is 5.10 Å². The van der Waals surface area contributed by atoms with Crippen molar-refractivity contribution in [1.82, 2.24) is 5.43 Å². The second-order valence-electron chi connectivity index (χ2n) is 6.06. The van der Waals surface area contributed by atoms with Crippen molar-refractivity contribution >= 4 is 47.4 Å². The number of nitrogens with zero attached hydrogens (tertiary/aromatic N) is 1. The van der Waals surface area contributed by atoms with Gasteiger partial charge in [0.15, 0.2) is 0 Å². The molecule has 0 aliphatic heterocycles. The summed E-state index contributed by atoms with van der Waals surface area (Å²) in [6, 6.07) is 20.7. The lowest BCUT2D eigenvalue weighted by Crippen LogP contribution is -2.18. The molecule has 5 nitrogen and oxygen atoms in total. The van der Waals surface area contributed by atoms with E-state index in [-0.39, 0.29) is 10.6 Å². The zero-order chi connectivity index (χ0) is 21.3. The maximum Gasteiger partial charge on any atom is 0.336 e. The SMILES string of the molecule is O=C(/C=C/c1ccccc1)Oc1ccc(/C=N/NC(=O)c2ccc(Cl)cc2Cl)cc1. The fourth-order valence-corrected chi connectivity index (χ4v) is 2.89. The van der Waals surface area contributed by atoms with Crippen LogP contribution in [-0.2, 0) is 4.79 Å². The van der Waals surface area contributed by atoms with Crippen LogP contribution in [0.15, 0.2) is 84.0 Å². The third-order valence-electron chi connectivity index (χ3n) is 3.87. The van der Waals surface area contributed by atoms with Crippen LogP contribution in [0.2, 0.25) is 10.0 Å². The Kier molecular flexibility index (Phi) is 7.38. The molecule has 0 atom stereocenters. The number of hydrazone groups is 1. The second kappa shape index (κ2) is 10.4. The van der Waals surface area contributed by atoms with Crippen LogP contribution in [-0.4, -0.2) is 18.1 Å². The van der Waals surface area contributed by atoms with Crippen LogP contribution in [0.5, 0.6) is 5.75 Å². The minimum absolute atomic E-state index is 0.239.